The number of amides is 1. The van der Waals surface area contributed by atoms with Crippen molar-refractivity contribution < 1.29 is 22.7 Å². The van der Waals surface area contributed by atoms with Gasteiger partial charge < -0.3 is 9.64 Å². The summed E-state index contributed by atoms with van der Waals surface area (Å²) >= 11 is 0. The first kappa shape index (κ1) is 21.1. The van der Waals surface area contributed by atoms with E-state index in [1.807, 2.05) is 6.07 Å². The number of nitriles is 1. The van der Waals surface area contributed by atoms with Crippen LogP contribution in [0.25, 0.3) is 0 Å². The van der Waals surface area contributed by atoms with Crippen molar-refractivity contribution in [1.29, 1.82) is 5.26 Å². The fraction of sp³-hybridized carbons (Fsp3) is 0.250. The zero-order chi connectivity index (χ0) is 20.7. The van der Waals surface area contributed by atoms with Crippen molar-refractivity contribution >= 4 is 27.4 Å². The molecule has 0 fully saturated rings. The van der Waals surface area contributed by atoms with Crippen LogP contribution in [-0.4, -0.2) is 39.2 Å². The molecule has 0 N–H and O–H groups in total. The molecule has 0 saturated carbocycles. The lowest BCUT2D eigenvalue weighted by Gasteiger charge is -2.25. The van der Waals surface area contributed by atoms with Gasteiger partial charge in [0.15, 0.2) is 15.9 Å². The molecular weight excluding hydrogens is 380 g/mol. The SMILES string of the molecule is CC(OC(=O)c1ccccc1S(C)(=O)=O)C(=O)N(CCC#N)c1ccccc1. The van der Waals surface area contributed by atoms with Gasteiger partial charge in [0.05, 0.1) is 22.9 Å². The Bertz CT molecular complexity index is 997. The third-order valence-corrected chi connectivity index (χ3v) is 5.07. The molecule has 0 aliphatic rings. The number of sulfone groups is 1. The monoisotopic (exact) mass is 400 g/mol. The number of hydrogen-bond acceptors (Lipinski definition) is 6. The van der Waals surface area contributed by atoms with Gasteiger partial charge in [-0.2, -0.15) is 5.26 Å². The minimum Gasteiger partial charge on any atom is -0.449 e. The number of para-hydroxylation sites is 1. The number of benzene rings is 2. The summed E-state index contributed by atoms with van der Waals surface area (Å²) in [6.45, 7) is 1.55. The number of esters is 1. The van der Waals surface area contributed by atoms with E-state index in [1.54, 1.807) is 30.3 Å². The van der Waals surface area contributed by atoms with Gasteiger partial charge in [-0.05, 0) is 31.2 Å². The normalized spacial score (nSPS) is 11.9. The Morgan fingerprint density at radius 3 is 2.32 bits per heavy atom. The van der Waals surface area contributed by atoms with E-state index in [4.69, 9.17) is 10.00 Å². The predicted octanol–water partition coefficient (Wildman–Crippen LogP) is 2.58. The van der Waals surface area contributed by atoms with Gasteiger partial charge in [0.25, 0.3) is 5.91 Å². The third kappa shape index (κ3) is 5.18. The summed E-state index contributed by atoms with van der Waals surface area (Å²) in [4.78, 5) is 26.5. The van der Waals surface area contributed by atoms with E-state index in [1.165, 1.54) is 36.1 Å². The Balaban J connectivity index is 2.23. The Labute approximate surface area is 164 Å². The summed E-state index contributed by atoms with van der Waals surface area (Å²) in [7, 11) is -3.64. The molecular formula is C20H20N2O5S. The summed E-state index contributed by atoms with van der Waals surface area (Å²) in [6.07, 6.45) is -0.0655. The highest BCUT2D eigenvalue weighted by atomic mass is 32.2. The maximum Gasteiger partial charge on any atom is 0.340 e. The first-order chi connectivity index (χ1) is 13.3. The van der Waals surface area contributed by atoms with Crippen LogP contribution in [0.4, 0.5) is 5.69 Å². The third-order valence-electron chi connectivity index (χ3n) is 3.92. The molecule has 7 nitrogen and oxygen atoms in total. The molecule has 1 amide bonds. The van der Waals surface area contributed by atoms with Crippen LogP contribution in [0.5, 0.6) is 0 Å². The maximum absolute atomic E-state index is 12.8. The molecule has 0 radical (unpaired) electrons. The van der Waals surface area contributed by atoms with Crippen LogP contribution in [0, 0.1) is 11.3 Å². The van der Waals surface area contributed by atoms with Gasteiger partial charge in [0.2, 0.25) is 0 Å². The van der Waals surface area contributed by atoms with Crippen LogP contribution in [0.1, 0.15) is 23.7 Å². The molecule has 0 saturated heterocycles. The second-order valence-corrected chi connectivity index (χ2v) is 8.03. The average Bonchev–Trinajstić information content (AvgIpc) is 2.68. The number of carbonyl (C=O) groups excluding carboxylic acids is 2. The Hall–Kier alpha value is -3.18. The number of hydrogen-bond donors (Lipinski definition) is 0. The minimum atomic E-state index is -3.64. The van der Waals surface area contributed by atoms with Crippen LogP contribution in [-0.2, 0) is 19.4 Å². The van der Waals surface area contributed by atoms with E-state index in [0.29, 0.717) is 5.69 Å². The zero-order valence-corrected chi connectivity index (χ0v) is 16.3. The smallest absolute Gasteiger partial charge is 0.340 e. The van der Waals surface area contributed by atoms with Crippen LogP contribution in [0.15, 0.2) is 59.5 Å². The van der Waals surface area contributed by atoms with Gasteiger partial charge in [0.1, 0.15) is 0 Å². The molecule has 0 aliphatic heterocycles. The standard InChI is InChI=1S/C20H20N2O5S/c1-15(19(23)22(14-8-13-21)16-9-4-3-5-10-16)27-20(24)17-11-6-7-12-18(17)28(2,25)26/h3-7,9-12,15H,8,14H2,1-2H3. The molecule has 1 unspecified atom stereocenters. The molecule has 28 heavy (non-hydrogen) atoms. The van der Waals surface area contributed by atoms with Crippen molar-refractivity contribution in [2.75, 3.05) is 17.7 Å². The van der Waals surface area contributed by atoms with Gasteiger partial charge in [-0.15, -0.1) is 0 Å². The number of ether oxygens (including phenoxy) is 1. The summed E-state index contributed by atoms with van der Waals surface area (Å²) in [5.41, 5.74) is 0.440. The Morgan fingerprint density at radius 1 is 1.11 bits per heavy atom. The van der Waals surface area contributed by atoms with Crippen molar-refractivity contribution in [3.8, 4) is 6.07 Å². The lowest BCUT2D eigenvalue weighted by molar-refractivity contribution is -0.126. The van der Waals surface area contributed by atoms with Gasteiger partial charge >= 0.3 is 5.97 Å². The molecule has 0 aromatic heterocycles. The van der Waals surface area contributed by atoms with E-state index in [2.05, 4.69) is 0 Å². The molecule has 0 bridgehead atoms. The highest BCUT2D eigenvalue weighted by Crippen LogP contribution is 2.19. The minimum absolute atomic E-state index is 0.109. The van der Waals surface area contributed by atoms with E-state index in [0.717, 1.165) is 6.26 Å². The van der Waals surface area contributed by atoms with Gasteiger partial charge in [0, 0.05) is 18.5 Å². The van der Waals surface area contributed by atoms with Crippen LogP contribution < -0.4 is 4.90 Å². The van der Waals surface area contributed by atoms with Crippen LogP contribution in [0.3, 0.4) is 0 Å². The molecule has 146 valence electrons. The van der Waals surface area contributed by atoms with E-state index in [9.17, 15) is 18.0 Å². The fourth-order valence-electron chi connectivity index (χ4n) is 2.59. The molecule has 2 rings (SSSR count). The summed E-state index contributed by atoms with van der Waals surface area (Å²) < 4.78 is 29.0. The van der Waals surface area contributed by atoms with Gasteiger partial charge in [-0.3, -0.25) is 4.79 Å². The average molecular weight is 400 g/mol. The van der Waals surface area contributed by atoms with Crippen molar-refractivity contribution in [2.24, 2.45) is 0 Å². The van der Waals surface area contributed by atoms with Crippen molar-refractivity contribution in [1.82, 2.24) is 0 Å². The lowest BCUT2D eigenvalue weighted by atomic mass is 10.2. The zero-order valence-electron chi connectivity index (χ0n) is 15.5. The summed E-state index contributed by atoms with van der Waals surface area (Å²) in [5.74, 6) is -1.41. The molecule has 2 aromatic carbocycles. The highest BCUT2D eigenvalue weighted by Gasteiger charge is 2.27. The van der Waals surface area contributed by atoms with Gasteiger partial charge in [-0.1, -0.05) is 30.3 Å². The number of rotatable bonds is 7. The topological polar surface area (TPSA) is 105 Å². The molecule has 2 aromatic rings. The molecule has 0 spiro atoms. The first-order valence-corrected chi connectivity index (χ1v) is 10.4. The number of anilines is 1. The van der Waals surface area contributed by atoms with Crippen LogP contribution in [0.2, 0.25) is 0 Å². The molecule has 0 heterocycles. The molecule has 0 aliphatic carbocycles. The maximum atomic E-state index is 12.8. The van der Waals surface area contributed by atoms with E-state index in [-0.39, 0.29) is 23.4 Å². The second-order valence-electron chi connectivity index (χ2n) is 6.05. The van der Waals surface area contributed by atoms with E-state index >= 15 is 0 Å². The quantitative estimate of drug-likeness (QED) is 0.662. The van der Waals surface area contributed by atoms with Crippen molar-refractivity contribution in [2.45, 2.75) is 24.3 Å². The second kappa shape index (κ2) is 9.15. The van der Waals surface area contributed by atoms with E-state index < -0.39 is 27.8 Å². The molecule has 8 heteroatoms. The first-order valence-electron chi connectivity index (χ1n) is 8.49. The summed E-state index contributed by atoms with van der Waals surface area (Å²) in [6, 6.07) is 16.4. The van der Waals surface area contributed by atoms with Crippen LogP contribution >= 0.6 is 0 Å². The summed E-state index contributed by atoms with van der Waals surface area (Å²) in [5, 5.41) is 8.85. The molecule has 1 atom stereocenters. The Morgan fingerprint density at radius 2 is 1.71 bits per heavy atom. The highest BCUT2D eigenvalue weighted by molar-refractivity contribution is 7.90. The largest absolute Gasteiger partial charge is 0.449 e. The van der Waals surface area contributed by atoms with Gasteiger partial charge in [-0.25, -0.2) is 13.2 Å². The number of carbonyl (C=O) groups is 2. The predicted molar refractivity (Wildman–Crippen MR) is 103 cm³/mol. The van der Waals surface area contributed by atoms with Crippen molar-refractivity contribution in [3.63, 3.8) is 0 Å². The fourth-order valence-corrected chi connectivity index (χ4v) is 3.47. The Kier molecular flexibility index (Phi) is 6.90. The number of nitrogens with zero attached hydrogens (tertiary/aromatic N) is 2. The van der Waals surface area contributed by atoms with Crippen molar-refractivity contribution in [3.05, 3.63) is 60.2 Å². The lowest BCUT2D eigenvalue weighted by Crippen LogP contribution is -2.40.